The molecule has 0 aliphatic heterocycles. The zero-order chi connectivity index (χ0) is 25.2. The first kappa shape index (κ1) is 25.9. The average molecular weight is 475 g/mol. The maximum Gasteiger partial charge on any atom is 0.275 e. The third-order valence-electron chi connectivity index (χ3n) is 6.12. The zero-order valence-electron chi connectivity index (χ0n) is 20.7. The van der Waals surface area contributed by atoms with Crippen molar-refractivity contribution in [3.05, 3.63) is 88.7 Å². The quantitative estimate of drug-likeness (QED) is 0.445. The predicted molar refractivity (Wildman–Crippen MR) is 140 cm³/mol. The second-order valence-corrected chi connectivity index (χ2v) is 8.36. The molecule has 7 nitrogen and oxygen atoms in total. The van der Waals surface area contributed by atoms with Crippen molar-refractivity contribution in [2.75, 3.05) is 25.0 Å². The number of benzene rings is 2. The van der Waals surface area contributed by atoms with E-state index in [1.807, 2.05) is 86.3 Å². The maximum atomic E-state index is 13.4. The molecule has 1 unspecified atom stereocenters. The van der Waals surface area contributed by atoms with Crippen molar-refractivity contribution >= 4 is 17.5 Å². The van der Waals surface area contributed by atoms with E-state index in [0.29, 0.717) is 18.7 Å². The summed E-state index contributed by atoms with van der Waals surface area (Å²) < 4.78 is 1.42. The summed E-state index contributed by atoms with van der Waals surface area (Å²) >= 11 is 0. The van der Waals surface area contributed by atoms with Crippen LogP contribution in [0.1, 0.15) is 26.3 Å². The van der Waals surface area contributed by atoms with Crippen molar-refractivity contribution in [2.45, 2.75) is 39.8 Å². The SMILES string of the molecule is CCN(CC)C(C)C(=O)Nc1ccc(-c2ccccc2)n(CC(=O)NCCc2ccccc2)c1=O. The second-order valence-electron chi connectivity index (χ2n) is 8.36. The van der Waals surface area contributed by atoms with Gasteiger partial charge in [-0.3, -0.25) is 23.9 Å². The van der Waals surface area contributed by atoms with Crippen LogP contribution in [0.5, 0.6) is 0 Å². The summed E-state index contributed by atoms with van der Waals surface area (Å²) in [5, 5.41) is 5.67. The number of pyridine rings is 1. The molecule has 1 heterocycles. The van der Waals surface area contributed by atoms with E-state index in [2.05, 4.69) is 10.6 Å². The van der Waals surface area contributed by atoms with Crippen LogP contribution < -0.4 is 16.2 Å². The first-order chi connectivity index (χ1) is 16.9. The molecule has 0 saturated heterocycles. The highest BCUT2D eigenvalue weighted by Crippen LogP contribution is 2.19. The number of hydrogen-bond donors (Lipinski definition) is 2. The Bertz CT molecular complexity index is 1170. The van der Waals surface area contributed by atoms with E-state index >= 15 is 0 Å². The molecule has 3 rings (SSSR count). The minimum atomic E-state index is -0.412. The largest absolute Gasteiger partial charge is 0.354 e. The van der Waals surface area contributed by atoms with Crippen LogP contribution in [-0.2, 0) is 22.6 Å². The lowest BCUT2D eigenvalue weighted by molar-refractivity contribution is -0.121. The molecule has 0 spiro atoms. The molecule has 2 aromatic carbocycles. The Balaban J connectivity index is 1.82. The fourth-order valence-electron chi connectivity index (χ4n) is 4.06. The van der Waals surface area contributed by atoms with Crippen molar-refractivity contribution < 1.29 is 9.59 Å². The molecule has 0 aliphatic carbocycles. The highest BCUT2D eigenvalue weighted by molar-refractivity contribution is 5.94. The van der Waals surface area contributed by atoms with Gasteiger partial charge in [-0.25, -0.2) is 0 Å². The van der Waals surface area contributed by atoms with Crippen LogP contribution in [-0.4, -0.2) is 47.0 Å². The minimum absolute atomic E-state index is 0.146. The van der Waals surface area contributed by atoms with Crippen LogP contribution in [0, 0.1) is 0 Å². The van der Waals surface area contributed by atoms with Gasteiger partial charge in [0.25, 0.3) is 5.56 Å². The molecule has 35 heavy (non-hydrogen) atoms. The van der Waals surface area contributed by atoms with Crippen LogP contribution in [0.15, 0.2) is 77.6 Å². The third-order valence-corrected chi connectivity index (χ3v) is 6.12. The monoisotopic (exact) mass is 474 g/mol. The Morgan fingerprint density at radius 2 is 1.54 bits per heavy atom. The van der Waals surface area contributed by atoms with Gasteiger partial charge in [0.05, 0.1) is 11.7 Å². The first-order valence-corrected chi connectivity index (χ1v) is 12.1. The van der Waals surface area contributed by atoms with Crippen molar-refractivity contribution in [3.63, 3.8) is 0 Å². The van der Waals surface area contributed by atoms with Gasteiger partial charge in [0.15, 0.2) is 0 Å². The Kier molecular flexibility index (Phi) is 9.38. The molecule has 0 fully saturated rings. The number of nitrogens with one attached hydrogen (secondary N) is 2. The molecule has 2 N–H and O–H groups in total. The van der Waals surface area contributed by atoms with E-state index in [1.165, 1.54) is 4.57 Å². The minimum Gasteiger partial charge on any atom is -0.354 e. The van der Waals surface area contributed by atoms with Gasteiger partial charge in [0.1, 0.15) is 12.2 Å². The summed E-state index contributed by atoms with van der Waals surface area (Å²) in [5.74, 6) is -0.516. The van der Waals surface area contributed by atoms with E-state index in [0.717, 1.165) is 24.2 Å². The third kappa shape index (κ3) is 6.90. The zero-order valence-corrected chi connectivity index (χ0v) is 20.7. The molecule has 184 valence electrons. The van der Waals surface area contributed by atoms with Crippen LogP contribution in [0.25, 0.3) is 11.3 Å². The number of amides is 2. The Labute approximate surface area is 206 Å². The lowest BCUT2D eigenvalue weighted by atomic mass is 10.1. The van der Waals surface area contributed by atoms with Gasteiger partial charge < -0.3 is 10.6 Å². The maximum absolute atomic E-state index is 13.4. The highest BCUT2D eigenvalue weighted by Gasteiger charge is 2.21. The number of anilines is 1. The molecular weight excluding hydrogens is 440 g/mol. The second kappa shape index (κ2) is 12.7. The average Bonchev–Trinajstić information content (AvgIpc) is 2.88. The summed E-state index contributed by atoms with van der Waals surface area (Å²) in [5.41, 5.74) is 2.30. The summed E-state index contributed by atoms with van der Waals surface area (Å²) in [4.78, 5) is 41.0. The summed E-state index contributed by atoms with van der Waals surface area (Å²) in [6.45, 7) is 7.58. The van der Waals surface area contributed by atoms with E-state index in [-0.39, 0.29) is 30.1 Å². The molecular formula is C28H34N4O3. The smallest absolute Gasteiger partial charge is 0.275 e. The summed E-state index contributed by atoms with van der Waals surface area (Å²) in [7, 11) is 0. The molecule has 7 heteroatoms. The normalized spacial score (nSPS) is 11.8. The Hall–Kier alpha value is -3.71. The van der Waals surface area contributed by atoms with Crippen molar-refractivity contribution in [2.24, 2.45) is 0 Å². The molecule has 0 aliphatic rings. The Morgan fingerprint density at radius 3 is 2.17 bits per heavy atom. The van der Waals surface area contributed by atoms with E-state index in [1.54, 1.807) is 12.1 Å². The number of carbonyl (C=O) groups excluding carboxylic acids is 2. The molecule has 0 saturated carbocycles. The van der Waals surface area contributed by atoms with E-state index < -0.39 is 5.56 Å². The topological polar surface area (TPSA) is 83.4 Å². The van der Waals surface area contributed by atoms with Crippen LogP contribution in [0.3, 0.4) is 0 Å². The fourth-order valence-corrected chi connectivity index (χ4v) is 4.06. The lowest BCUT2D eigenvalue weighted by Crippen LogP contribution is -2.43. The van der Waals surface area contributed by atoms with Crippen molar-refractivity contribution in [1.29, 1.82) is 0 Å². The van der Waals surface area contributed by atoms with Gasteiger partial charge >= 0.3 is 0 Å². The first-order valence-electron chi connectivity index (χ1n) is 12.1. The molecule has 0 bridgehead atoms. The van der Waals surface area contributed by atoms with Crippen molar-refractivity contribution in [3.8, 4) is 11.3 Å². The van der Waals surface area contributed by atoms with Crippen LogP contribution in [0.2, 0.25) is 0 Å². The molecule has 3 aromatic rings. The standard InChI is InChI=1S/C28H34N4O3/c1-4-31(5-2)21(3)27(34)30-24-16-17-25(23-14-10-7-11-15-23)32(28(24)35)20-26(33)29-19-18-22-12-8-6-9-13-22/h6-17,21H,4-5,18-20H2,1-3H3,(H,29,33)(H,30,34). The fraction of sp³-hybridized carbons (Fsp3) is 0.321. The number of likely N-dealkylation sites (N-methyl/N-ethyl adjacent to an activating group) is 1. The molecule has 1 aromatic heterocycles. The van der Waals surface area contributed by atoms with Gasteiger partial charge in [-0.2, -0.15) is 0 Å². The molecule has 1 atom stereocenters. The van der Waals surface area contributed by atoms with Gasteiger partial charge in [-0.1, -0.05) is 74.5 Å². The van der Waals surface area contributed by atoms with Crippen molar-refractivity contribution in [1.82, 2.24) is 14.8 Å². The van der Waals surface area contributed by atoms with E-state index in [9.17, 15) is 14.4 Å². The van der Waals surface area contributed by atoms with Crippen LogP contribution in [0.4, 0.5) is 5.69 Å². The van der Waals surface area contributed by atoms with Gasteiger partial charge in [0, 0.05) is 6.54 Å². The molecule has 0 radical (unpaired) electrons. The lowest BCUT2D eigenvalue weighted by Gasteiger charge is -2.25. The number of nitrogens with zero attached hydrogens (tertiary/aromatic N) is 2. The number of hydrogen-bond acceptors (Lipinski definition) is 4. The Morgan fingerprint density at radius 1 is 0.914 bits per heavy atom. The highest BCUT2D eigenvalue weighted by atomic mass is 16.2. The summed E-state index contributed by atoms with van der Waals surface area (Å²) in [6, 6.07) is 22.3. The number of carbonyl (C=O) groups is 2. The predicted octanol–water partition coefficient (Wildman–Crippen LogP) is 3.54. The van der Waals surface area contributed by atoms with Crippen LogP contribution >= 0.6 is 0 Å². The van der Waals surface area contributed by atoms with Gasteiger partial charge in [-0.15, -0.1) is 0 Å². The van der Waals surface area contributed by atoms with Gasteiger partial charge in [-0.05, 0) is 49.7 Å². The van der Waals surface area contributed by atoms with Gasteiger partial charge in [0.2, 0.25) is 11.8 Å². The molecule has 2 amide bonds. The summed E-state index contributed by atoms with van der Waals surface area (Å²) in [6.07, 6.45) is 0.701. The van der Waals surface area contributed by atoms with E-state index in [4.69, 9.17) is 0 Å². The number of aromatic nitrogens is 1. The number of rotatable bonds is 11.